The SMILES string of the molecule is COc1ccc(CC(=O)N2CCC(n3ccnn3)CC2)cc1. The molecule has 0 bridgehead atoms. The molecule has 1 fully saturated rings. The molecule has 0 N–H and O–H groups in total. The summed E-state index contributed by atoms with van der Waals surface area (Å²) < 4.78 is 7.02. The standard InChI is InChI=1S/C16H20N4O2/c1-22-15-4-2-13(3-5-15)12-16(21)19-9-6-14(7-10-19)20-11-8-17-18-20/h2-5,8,11,14H,6-7,9-10,12H2,1H3. The second-order valence-corrected chi connectivity index (χ2v) is 5.52. The average molecular weight is 300 g/mol. The minimum Gasteiger partial charge on any atom is -0.497 e. The Morgan fingerprint density at radius 1 is 1.27 bits per heavy atom. The van der Waals surface area contributed by atoms with E-state index in [4.69, 9.17) is 4.74 Å². The number of carbonyl (C=O) groups excluding carboxylic acids is 1. The summed E-state index contributed by atoms with van der Waals surface area (Å²) in [7, 11) is 1.64. The van der Waals surface area contributed by atoms with Crippen molar-refractivity contribution in [1.29, 1.82) is 0 Å². The third-order valence-electron chi connectivity index (χ3n) is 4.15. The van der Waals surface area contributed by atoms with E-state index in [2.05, 4.69) is 10.3 Å². The summed E-state index contributed by atoms with van der Waals surface area (Å²) in [4.78, 5) is 14.3. The van der Waals surface area contributed by atoms with Crippen molar-refractivity contribution in [3.8, 4) is 5.75 Å². The quantitative estimate of drug-likeness (QED) is 0.862. The first-order valence-electron chi connectivity index (χ1n) is 7.53. The maximum atomic E-state index is 12.4. The number of nitrogens with zero attached hydrogens (tertiary/aromatic N) is 4. The first-order chi connectivity index (χ1) is 10.8. The molecule has 2 aromatic rings. The zero-order chi connectivity index (χ0) is 15.4. The van der Waals surface area contributed by atoms with Crippen molar-refractivity contribution >= 4 is 5.91 Å². The lowest BCUT2D eigenvalue weighted by Gasteiger charge is -2.32. The van der Waals surface area contributed by atoms with E-state index in [1.807, 2.05) is 40.0 Å². The summed E-state index contributed by atoms with van der Waals surface area (Å²) in [6.45, 7) is 1.55. The Labute approximate surface area is 129 Å². The van der Waals surface area contributed by atoms with Crippen LogP contribution in [0.1, 0.15) is 24.4 Å². The monoisotopic (exact) mass is 300 g/mol. The Hall–Kier alpha value is -2.37. The molecule has 1 saturated heterocycles. The smallest absolute Gasteiger partial charge is 0.226 e. The van der Waals surface area contributed by atoms with Crippen molar-refractivity contribution in [2.45, 2.75) is 25.3 Å². The van der Waals surface area contributed by atoms with E-state index in [0.29, 0.717) is 12.5 Å². The Morgan fingerprint density at radius 3 is 2.59 bits per heavy atom. The van der Waals surface area contributed by atoms with Crippen LogP contribution in [-0.2, 0) is 11.2 Å². The molecular formula is C16H20N4O2. The molecule has 0 atom stereocenters. The molecule has 1 amide bonds. The summed E-state index contributed by atoms with van der Waals surface area (Å²) in [6, 6.07) is 8.02. The second kappa shape index (κ2) is 6.60. The molecule has 22 heavy (non-hydrogen) atoms. The van der Waals surface area contributed by atoms with Gasteiger partial charge in [-0.15, -0.1) is 5.10 Å². The number of carbonyl (C=O) groups is 1. The number of methoxy groups -OCH3 is 1. The third-order valence-corrected chi connectivity index (χ3v) is 4.15. The van der Waals surface area contributed by atoms with Gasteiger partial charge >= 0.3 is 0 Å². The zero-order valence-electron chi connectivity index (χ0n) is 12.7. The van der Waals surface area contributed by atoms with Crippen molar-refractivity contribution in [3.63, 3.8) is 0 Å². The molecule has 1 aliphatic heterocycles. The van der Waals surface area contributed by atoms with Gasteiger partial charge in [0, 0.05) is 19.3 Å². The Kier molecular flexibility index (Phi) is 4.37. The van der Waals surface area contributed by atoms with E-state index in [-0.39, 0.29) is 5.91 Å². The van der Waals surface area contributed by atoms with Crippen molar-refractivity contribution in [1.82, 2.24) is 19.9 Å². The summed E-state index contributed by atoms with van der Waals surface area (Å²) in [5.74, 6) is 0.993. The minimum absolute atomic E-state index is 0.183. The van der Waals surface area contributed by atoms with E-state index in [1.165, 1.54) is 0 Å². The van der Waals surface area contributed by atoms with Crippen molar-refractivity contribution in [2.24, 2.45) is 0 Å². The van der Waals surface area contributed by atoms with Gasteiger partial charge in [-0.1, -0.05) is 17.3 Å². The maximum Gasteiger partial charge on any atom is 0.226 e. The van der Waals surface area contributed by atoms with Gasteiger partial charge in [0.25, 0.3) is 0 Å². The van der Waals surface area contributed by atoms with Crippen molar-refractivity contribution in [3.05, 3.63) is 42.2 Å². The van der Waals surface area contributed by atoms with E-state index in [9.17, 15) is 4.79 Å². The molecule has 1 aromatic heterocycles. The number of likely N-dealkylation sites (tertiary alicyclic amines) is 1. The van der Waals surface area contributed by atoms with Crippen LogP contribution in [0.2, 0.25) is 0 Å². The highest BCUT2D eigenvalue weighted by Gasteiger charge is 2.24. The highest BCUT2D eigenvalue weighted by Crippen LogP contribution is 2.22. The van der Waals surface area contributed by atoms with Gasteiger partial charge in [-0.2, -0.15) is 0 Å². The van der Waals surface area contributed by atoms with E-state index in [0.717, 1.165) is 37.2 Å². The molecule has 1 aliphatic rings. The Balaban J connectivity index is 1.53. The van der Waals surface area contributed by atoms with Crippen LogP contribution in [-0.4, -0.2) is 46.0 Å². The van der Waals surface area contributed by atoms with Crippen LogP contribution in [0, 0.1) is 0 Å². The van der Waals surface area contributed by atoms with Gasteiger partial charge in [-0.05, 0) is 30.5 Å². The lowest BCUT2D eigenvalue weighted by Crippen LogP contribution is -2.40. The summed E-state index contributed by atoms with van der Waals surface area (Å²) in [5.41, 5.74) is 1.02. The lowest BCUT2D eigenvalue weighted by atomic mass is 10.0. The van der Waals surface area contributed by atoms with E-state index < -0.39 is 0 Å². The fourth-order valence-electron chi connectivity index (χ4n) is 2.82. The van der Waals surface area contributed by atoms with Crippen molar-refractivity contribution in [2.75, 3.05) is 20.2 Å². The van der Waals surface area contributed by atoms with Crippen LogP contribution in [0.3, 0.4) is 0 Å². The molecule has 0 unspecified atom stereocenters. The molecule has 2 heterocycles. The maximum absolute atomic E-state index is 12.4. The predicted octanol–water partition coefficient (Wildman–Crippen LogP) is 1.69. The van der Waals surface area contributed by atoms with Gasteiger partial charge in [0.1, 0.15) is 5.75 Å². The molecule has 1 aromatic carbocycles. The number of benzene rings is 1. The number of hydrogen-bond donors (Lipinski definition) is 0. The first-order valence-corrected chi connectivity index (χ1v) is 7.53. The van der Waals surface area contributed by atoms with Crippen LogP contribution in [0.5, 0.6) is 5.75 Å². The number of piperidine rings is 1. The molecule has 0 saturated carbocycles. The van der Waals surface area contributed by atoms with Gasteiger partial charge in [-0.3, -0.25) is 4.79 Å². The number of rotatable bonds is 4. The molecule has 116 valence electrons. The number of aromatic nitrogens is 3. The van der Waals surface area contributed by atoms with E-state index >= 15 is 0 Å². The van der Waals surface area contributed by atoms with Gasteiger partial charge in [0.2, 0.25) is 5.91 Å². The Bertz CT molecular complexity index is 602. The minimum atomic E-state index is 0.183. The number of ether oxygens (including phenoxy) is 1. The average Bonchev–Trinajstić information content (AvgIpc) is 3.10. The third kappa shape index (κ3) is 3.27. The fraction of sp³-hybridized carbons (Fsp3) is 0.438. The summed E-state index contributed by atoms with van der Waals surface area (Å²) in [6.07, 6.45) is 5.88. The number of amides is 1. The van der Waals surface area contributed by atoms with E-state index in [1.54, 1.807) is 13.3 Å². The highest BCUT2D eigenvalue weighted by molar-refractivity contribution is 5.78. The molecule has 3 rings (SSSR count). The molecule has 0 radical (unpaired) electrons. The largest absolute Gasteiger partial charge is 0.497 e. The van der Waals surface area contributed by atoms with Crippen LogP contribution < -0.4 is 4.74 Å². The highest BCUT2D eigenvalue weighted by atomic mass is 16.5. The fourth-order valence-corrected chi connectivity index (χ4v) is 2.82. The zero-order valence-corrected chi connectivity index (χ0v) is 12.7. The van der Waals surface area contributed by atoms with Gasteiger partial charge in [0.15, 0.2) is 0 Å². The molecular weight excluding hydrogens is 280 g/mol. The lowest BCUT2D eigenvalue weighted by molar-refractivity contribution is -0.131. The van der Waals surface area contributed by atoms with Crippen molar-refractivity contribution < 1.29 is 9.53 Å². The second-order valence-electron chi connectivity index (χ2n) is 5.52. The van der Waals surface area contributed by atoms with Gasteiger partial charge in [-0.25, -0.2) is 4.68 Å². The molecule has 0 aliphatic carbocycles. The molecule has 6 nitrogen and oxygen atoms in total. The van der Waals surface area contributed by atoms with Crippen LogP contribution in [0.25, 0.3) is 0 Å². The first kappa shape index (κ1) is 14.6. The molecule has 0 spiro atoms. The van der Waals surface area contributed by atoms with Crippen LogP contribution in [0.15, 0.2) is 36.7 Å². The van der Waals surface area contributed by atoms with Crippen LogP contribution in [0.4, 0.5) is 0 Å². The summed E-state index contributed by atoms with van der Waals surface area (Å²) >= 11 is 0. The van der Waals surface area contributed by atoms with Crippen LogP contribution >= 0.6 is 0 Å². The topological polar surface area (TPSA) is 60.2 Å². The normalized spacial score (nSPS) is 15.8. The predicted molar refractivity (Wildman–Crippen MR) is 81.6 cm³/mol. The van der Waals surface area contributed by atoms with Gasteiger partial charge in [0.05, 0.1) is 25.8 Å². The summed E-state index contributed by atoms with van der Waals surface area (Å²) in [5, 5.41) is 7.89. The number of hydrogen-bond acceptors (Lipinski definition) is 4. The molecule has 6 heteroatoms. The van der Waals surface area contributed by atoms with Gasteiger partial charge < -0.3 is 9.64 Å². The Morgan fingerprint density at radius 2 is 2.00 bits per heavy atom.